The molecule has 0 bridgehead atoms. The van der Waals surface area contributed by atoms with Gasteiger partial charge in [-0.2, -0.15) is 0 Å². The summed E-state index contributed by atoms with van der Waals surface area (Å²) in [4.78, 5) is 22.3. The van der Waals surface area contributed by atoms with Crippen molar-refractivity contribution >= 4 is 23.0 Å². The van der Waals surface area contributed by atoms with Crippen LogP contribution in [0, 0.1) is 5.82 Å². The maximum absolute atomic E-state index is 13.1. The van der Waals surface area contributed by atoms with Crippen LogP contribution in [0.3, 0.4) is 0 Å². The molecule has 0 aromatic heterocycles. The van der Waals surface area contributed by atoms with Gasteiger partial charge in [0.25, 0.3) is 10.9 Å². The highest BCUT2D eigenvalue weighted by atomic mass is 35.5. The fourth-order valence-corrected chi connectivity index (χ4v) is 1.51. The molecule has 88 valence electrons. The number of hydrogen-bond donors (Lipinski definition) is 1. The number of nitrogens with one attached hydrogen (secondary N) is 1. The smallest absolute Gasteiger partial charge is 0.272 e. The lowest BCUT2D eigenvalue weighted by atomic mass is 10.2. The van der Waals surface area contributed by atoms with Crippen LogP contribution in [-0.2, 0) is 0 Å². The van der Waals surface area contributed by atoms with E-state index in [9.17, 15) is 14.0 Å². The van der Waals surface area contributed by atoms with Gasteiger partial charge < -0.3 is 10.1 Å². The molecule has 0 atom stereocenters. The molecule has 0 aliphatic heterocycles. The molecular weight excluding hydrogens is 249 g/mol. The lowest BCUT2D eigenvalue weighted by molar-refractivity contribution is 0.408. The van der Waals surface area contributed by atoms with Gasteiger partial charge in [-0.3, -0.25) is 9.59 Å². The summed E-state index contributed by atoms with van der Waals surface area (Å²) in [5, 5.41) is 2.59. The van der Waals surface area contributed by atoms with E-state index in [2.05, 4.69) is 5.32 Å². The molecule has 17 heavy (non-hydrogen) atoms. The monoisotopic (exact) mass is 255 g/mol. The normalized spacial score (nSPS) is 10.5. The van der Waals surface area contributed by atoms with Crippen LogP contribution in [0.15, 0.2) is 27.8 Å². The summed E-state index contributed by atoms with van der Waals surface area (Å²) in [6, 6.07) is 3.96. The summed E-state index contributed by atoms with van der Waals surface area (Å²) in [5.41, 5.74) is -1.03. The highest BCUT2D eigenvalue weighted by Gasteiger charge is 2.21. The Hall–Kier alpha value is -1.88. The molecule has 2 aromatic rings. The standard InChI is InChI=1S/C11H7ClFNO3/c1-17-11-8(9(15)10(11)16)14-5-2-3-6(12)7(13)4-5/h2-4,14H,1H3. The van der Waals surface area contributed by atoms with Crippen molar-refractivity contribution < 1.29 is 9.13 Å². The Kier molecular flexibility index (Phi) is 2.85. The van der Waals surface area contributed by atoms with Gasteiger partial charge in [0.1, 0.15) is 11.5 Å². The number of hydrogen-bond acceptors (Lipinski definition) is 4. The molecule has 2 aromatic carbocycles. The number of halogens is 2. The third kappa shape index (κ3) is 1.89. The average Bonchev–Trinajstić information content (AvgIpc) is 2.32. The number of benzene rings is 1. The predicted octanol–water partition coefficient (Wildman–Crippen LogP) is 1.83. The minimum absolute atomic E-state index is 0.0208. The number of anilines is 2. The lowest BCUT2D eigenvalue weighted by Gasteiger charge is -2.11. The minimum atomic E-state index is -0.690. The molecule has 4 nitrogen and oxygen atoms in total. The molecule has 1 N–H and O–H groups in total. The summed E-state index contributed by atoms with van der Waals surface area (Å²) in [6.45, 7) is 0. The van der Waals surface area contributed by atoms with Gasteiger partial charge >= 0.3 is 0 Å². The van der Waals surface area contributed by atoms with Crippen LogP contribution in [-0.4, -0.2) is 7.11 Å². The van der Waals surface area contributed by atoms with Crippen molar-refractivity contribution in [2.45, 2.75) is 0 Å². The fraction of sp³-hybridized carbons (Fsp3) is 0.0909. The van der Waals surface area contributed by atoms with E-state index in [4.69, 9.17) is 16.3 Å². The number of ether oxygens (including phenoxy) is 1. The first-order valence-corrected chi connectivity index (χ1v) is 5.01. The van der Waals surface area contributed by atoms with Crippen LogP contribution in [0.1, 0.15) is 0 Å². The third-order valence-electron chi connectivity index (χ3n) is 2.26. The second-order valence-corrected chi connectivity index (χ2v) is 3.73. The first-order chi connectivity index (χ1) is 8.04. The van der Waals surface area contributed by atoms with Gasteiger partial charge in [-0.25, -0.2) is 4.39 Å². The summed E-state index contributed by atoms with van der Waals surface area (Å²) in [6.07, 6.45) is 0. The Labute approximate surface area is 100 Å². The lowest BCUT2D eigenvalue weighted by Crippen LogP contribution is -2.34. The van der Waals surface area contributed by atoms with Crippen molar-refractivity contribution in [3.63, 3.8) is 0 Å². The van der Waals surface area contributed by atoms with E-state index < -0.39 is 16.7 Å². The second-order valence-electron chi connectivity index (χ2n) is 3.32. The Morgan fingerprint density at radius 2 is 2.00 bits per heavy atom. The molecule has 0 unspecified atom stereocenters. The molecule has 0 radical (unpaired) electrons. The van der Waals surface area contributed by atoms with Crippen molar-refractivity contribution in [3.8, 4) is 5.75 Å². The number of rotatable bonds is 3. The van der Waals surface area contributed by atoms with Gasteiger partial charge in [0.15, 0.2) is 5.75 Å². The van der Waals surface area contributed by atoms with Crippen LogP contribution < -0.4 is 20.9 Å². The van der Waals surface area contributed by atoms with Gasteiger partial charge in [-0.15, -0.1) is 0 Å². The molecule has 0 spiro atoms. The first kappa shape index (κ1) is 11.6. The molecule has 0 aliphatic rings. The van der Waals surface area contributed by atoms with Crippen molar-refractivity contribution in [2.24, 2.45) is 0 Å². The SMILES string of the molecule is COc1c(Nc2ccc(Cl)c(F)c2)c(=O)c1=O. The summed E-state index contributed by atoms with van der Waals surface area (Å²) in [5.74, 6) is -0.667. The van der Waals surface area contributed by atoms with Gasteiger partial charge in [-0.05, 0) is 18.2 Å². The quantitative estimate of drug-likeness (QED) is 0.850. The van der Waals surface area contributed by atoms with E-state index in [1.807, 2.05) is 0 Å². The predicted molar refractivity (Wildman–Crippen MR) is 62.6 cm³/mol. The van der Waals surface area contributed by atoms with Crippen molar-refractivity contribution in [2.75, 3.05) is 12.4 Å². The molecule has 6 heteroatoms. The molecule has 0 saturated heterocycles. The van der Waals surface area contributed by atoms with Crippen LogP contribution in [0.5, 0.6) is 5.75 Å². The highest BCUT2D eigenvalue weighted by molar-refractivity contribution is 6.30. The van der Waals surface area contributed by atoms with Crippen LogP contribution in [0.2, 0.25) is 5.02 Å². The first-order valence-electron chi connectivity index (χ1n) is 4.64. The summed E-state index contributed by atoms with van der Waals surface area (Å²) in [7, 11) is 1.28. The van der Waals surface area contributed by atoms with Gasteiger partial charge in [-0.1, -0.05) is 11.6 Å². The Morgan fingerprint density at radius 1 is 1.29 bits per heavy atom. The van der Waals surface area contributed by atoms with Crippen LogP contribution >= 0.6 is 11.6 Å². The van der Waals surface area contributed by atoms with Crippen molar-refractivity contribution in [1.29, 1.82) is 0 Å². The van der Waals surface area contributed by atoms with E-state index in [-0.39, 0.29) is 16.5 Å². The van der Waals surface area contributed by atoms with E-state index >= 15 is 0 Å². The van der Waals surface area contributed by atoms with Crippen molar-refractivity contribution in [3.05, 3.63) is 49.5 Å². The second kappa shape index (κ2) is 4.18. The molecule has 0 fully saturated rings. The topological polar surface area (TPSA) is 55.4 Å². The largest absolute Gasteiger partial charge is 0.491 e. The zero-order chi connectivity index (χ0) is 12.6. The molecule has 0 aliphatic carbocycles. The fourth-order valence-electron chi connectivity index (χ4n) is 1.40. The minimum Gasteiger partial charge on any atom is -0.491 e. The van der Waals surface area contributed by atoms with Gasteiger partial charge in [0, 0.05) is 5.69 Å². The molecule has 2 rings (SSSR count). The van der Waals surface area contributed by atoms with Crippen LogP contribution in [0.25, 0.3) is 0 Å². The maximum atomic E-state index is 13.1. The zero-order valence-electron chi connectivity index (χ0n) is 8.71. The maximum Gasteiger partial charge on any atom is 0.272 e. The molecule has 0 saturated carbocycles. The molecule has 0 amide bonds. The molecular formula is C11H7ClFNO3. The van der Waals surface area contributed by atoms with E-state index in [0.29, 0.717) is 5.69 Å². The van der Waals surface area contributed by atoms with Gasteiger partial charge in [0.2, 0.25) is 0 Å². The van der Waals surface area contributed by atoms with Crippen LogP contribution in [0.4, 0.5) is 15.8 Å². The van der Waals surface area contributed by atoms with E-state index in [1.54, 1.807) is 0 Å². The van der Waals surface area contributed by atoms with E-state index in [1.165, 1.54) is 19.2 Å². The number of methoxy groups -OCH3 is 1. The summed E-state index contributed by atoms with van der Waals surface area (Å²) >= 11 is 5.51. The van der Waals surface area contributed by atoms with E-state index in [0.717, 1.165) is 6.07 Å². The Balaban J connectivity index is 2.33. The third-order valence-corrected chi connectivity index (χ3v) is 2.57. The average molecular weight is 256 g/mol. The Bertz CT molecular complexity index is 646. The highest BCUT2D eigenvalue weighted by Crippen LogP contribution is 2.24. The van der Waals surface area contributed by atoms with Gasteiger partial charge in [0.05, 0.1) is 12.1 Å². The summed E-state index contributed by atoms with van der Waals surface area (Å²) < 4.78 is 17.9. The molecule has 0 heterocycles. The zero-order valence-corrected chi connectivity index (χ0v) is 9.47. The van der Waals surface area contributed by atoms with Crippen molar-refractivity contribution in [1.82, 2.24) is 0 Å². The Morgan fingerprint density at radius 3 is 2.59 bits per heavy atom.